The molecule has 0 aliphatic heterocycles. The fourth-order valence-corrected chi connectivity index (χ4v) is 2.92. The van der Waals surface area contributed by atoms with Crippen LogP contribution in [0.25, 0.3) is 0 Å². The molecule has 31 heavy (non-hydrogen) atoms. The van der Waals surface area contributed by atoms with Crippen LogP contribution in [0.3, 0.4) is 0 Å². The second-order valence-electron chi connectivity index (χ2n) is 7.11. The first-order valence-electron chi connectivity index (χ1n) is 10.2. The molecule has 0 saturated heterocycles. The van der Waals surface area contributed by atoms with E-state index in [4.69, 9.17) is 14.0 Å². The summed E-state index contributed by atoms with van der Waals surface area (Å²) in [5.41, 5.74) is 3.02. The Balaban J connectivity index is 1.65. The molecule has 0 aliphatic carbocycles. The molecule has 1 aromatic heterocycles. The van der Waals surface area contributed by atoms with Gasteiger partial charge in [0, 0.05) is 5.69 Å². The highest BCUT2D eigenvalue weighted by Crippen LogP contribution is 2.23. The SMILES string of the molecule is CCCCOC(=O)c1ccc(NC(=O)c2ccccc2OCc2c(C)noc2C)cc1. The summed E-state index contributed by atoms with van der Waals surface area (Å²) in [4.78, 5) is 24.8. The molecular weight excluding hydrogens is 396 g/mol. The number of unbranched alkanes of at least 4 members (excludes halogenated alkanes) is 1. The zero-order valence-electron chi connectivity index (χ0n) is 17.9. The minimum atomic E-state index is -0.371. The number of nitrogens with one attached hydrogen (secondary N) is 1. The Kier molecular flexibility index (Phi) is 7.43. The van der Waals surface area contributed by atoms with Gasteiger partial charge in [0.25, 0.3) is 5.91 Å². The van der Waals surface area contributed by atoms with Crippen LogP contribution in [0.5, 0.6) is 5.75 Å². The maximum absolute atomic E-state index is 12.8. The summed E-state index contributed by atoms with van der Waals surface area (Å²) in [7, 11) is 0. The molecule has 2 aromatic carbocycles. The molecule has 162 valence electrons. The lowest BCUT2D eigenvalue weighted by Gasteiger charge is -2.12. The molecule has 0 aliphatic rings. The second kappa shape index (κ2) is 10.4. The van der Waals surface area contributed by atoms with Crippen LogP contribution in [0.1, 0.15) is 57.5 Å². The van der Waals surface area contributed by atoms with Crippen molar-refractivity contribution in [3.05, 3.63) is 76.7 Å². The Hall–Kier alpha value is -3.61. The van der Waals surface area contributed by atoms with Gasteiger partial charge >= 0.3 is 5.97 Å². The molecule has 0 radical (unpaired) electrons. The Morgan fingerprint density at radius 3 is 2.48 bits per heavy atom. The summed E-state index contributed by atoms with van der Waals surface area (Å²) in [6.45, 7) is 6.35. The standard InChI is InChI=1S/C24H26N2O5/c1-4-5-14-29-24(28)18-10-12-19(13-11-18)25-23(27)20-8-6-7-9-22(20)30-15-21-16(2)26-31-17(21)3/h6-13H,4-5,14-15H2,1-3H3,(H,25,27). The Morgan fingerprint density at radius 1 is 1.06 bits per heavy atom. The molecule has 0 saturated carbocycles. The van der Waals surface area contributed by atoms with Crippen molar-refractivity contribution in [3.8, 4) is 5.75 Å². The lowest BCUT2D eigenvalue weighted by molar-refractivity contribution is 0.0499. The molecule has 0 fully saturated rings. The maximum atomic E-state index is 12.8. The molecular formula is C24H26N2O5. The number of aromatic nitrogens is 1. The summed E-state index contributed by atoms with van der Waals surface area (Å²) in [6, 6.07) is 13.6. The van der Waals surface area contributed by atoms with Crippen LogP contribution >= 0.6 is 0 Å². The van der Waals surface area contributed by atoms with Crippen LogP contribution in [0.4, 0.5) is 5.69 Å². The highest BCUT2D eigenvalue weighted by molar-refractivity contribution is 6.06. The van der Waals surface area contributed by atoms with Crippen LogP contribution in [-0.2, 0) is 11.3 Å². The highest BCUT2D eigenvalue weighted by atomic mass is 16.5. The van der Waals surface area contributed by atoms with Gasteiger partial charge in [0.1, 0.15) is 18.1 Å². The highest BCUT2D eigenvalue weighted by Gasteiger charge is 2.15. The van der Waals surface area contributed by atoms with Crippen LogP contribution in [0.2, 0.25) is 0 Å². The number of aryl methyl sites for hydroxylation is 2. The van der Waals surface area contributed by atoms with Gasteiger partial charge < -0.3 is 19.3 Å². The Bertz CT molecular complexity index is 1020. The van der Waals surface area contributed by atoms with Crippen molar-refractivity contribution in [2.45, 2.75) is 40.2 Å². The number of para-hydroxylation sites is 1. The lowest BCUT2D eigenvalue weighted by atomic mass is 10.1. The van der Waals surface area contributed by atoms with E-state index in [0.717, 1.165) is 24.1 Å². The number of esters is 1. The summed E-state index contributed by atoms with van der Waals surface area (Å²) < 4.78 is 16.2. The average Bonchev–Trinajstić information content (AvgIpc) is 3.10. The van der Waals surface area contributed by atoms with Crippen molar-refractivity contribution < 1.29 is 23.6 Å². The van der Waals surface area contributed by atoms with Crippen molar-refractivity contribution in [1.82, 2.24) is 5.16 Å². The van der Waals surface area contributed by atoms with Crippen molar-refractivity contribution in [1.29, 1.82) is 0 Å². The van der Waals surface area contributed by atoms with Gasteiger partial charge in [0.05, 0.1) is 29.0 Å². The van der Waals surface area contributed by atoms with Gasteiger partial charge in [-0.15, -0.1) is 0 Å². The summed E-state index contributed by atoms with van der Waals surface area (Å²) in [5, 5.41) is 6.75. The quantitative estimate of drug-likeness (QED) is 0.382. The Labute approximate surface area is 181 Å². The van der Waals surface area contributed by atoms with Gasteiger partial charge in [-0.3, -0.25) is 4.79 Å². The molecule has 3 rings (SSSR count). The van der Waals surface area contributed by atoms with E-state index in [-0.39, 0.29) is 18.5 Å². The number of anilines is 1. The van der Waals surface area contributed by atoms with E-state index in [1.807, 2.05) is 20.8 Å². The third-order valence-electron chi connectivity index (χ3n) is 4.79. The van der Waals surface area contributed by atoms with E-state index in [2.05, 4.69) is 10.5 Å². The van der Waals surface area contributed by atoms with E-state index in [1.54, 1.807) is 48.5 Å². The third kappa shape index (κ3) is 5.72. The fourth-order valence-electron chi connectivity index (χ4n) is 2.92. The fraction of sp³-hybridized carbons (Fsp3) is 0.292. The zero-order valence-corrected chi connectivity index (χ0v) is 17.9. The lowest BCUT2D eigenvalue weighted by Crippen LogP contribution is -2.14. The number of nitrogens with zero attached hydrogens (tertiary/aromatic N) is 1. The maximum Gasteiger partial charge on any atom is 0.338 e. The molecule has 1 N–H and O–H groups in total. The normalized spacial score (nSPS) is 10.5. The van der Waals surface area contributed by atoms with E-state index in [0.29, 0.717) is 34.9 Å². The number of hydrogen-bond acceptors (Lipinski definition) is 6. The first-order valence-corrected chi connectivity index (χ1v) is 10.2. The molecule has 7 heteroatoms. The van der Waals surface area contributed by atoms with Crippen molar-refractivity contribution >= 4 is 17.6 Å². The topological polar surface area (TPSA) is 90.7 Å². The molecule has 0 bridgehead atoms. The monoisotopic (exact) mass is 422 g/mol. The minimum Gasteiger partial charge on any atom is -0.488 e. The van der Waals surface area contributed by atoms with E-state index in [1.165, 1.54) is 0 Å². The van der Waals surface area contributed by atoms with Gasteiger partial charge in [-0.1, -0.05) is 30.6 Å². The predicted octanol–water partition coefficient (Wildman–Crippen LogP) is 5.08. The van der Waals surface area contributed by atoms with Crippen LogP contribution in [-0.4, -0.2) is 23.6 Å². The van der Waals surface area contributed by atoms with Gasteiger partial charge in [-0.25, -0.2) is 4.79 Å². The van der Waals surface area contributed by atoms with Gasteiger partial charge in [0.2, 0.25) is 0 Å². The number of ether oxygens (including phenoxy) is 2. The predicted molar refractivity (Wildman–Crippen MR) is 116 cm³/mol. The van der Waals surface area contributed by atoms with Crippen molar-refractivity contribution in [2.24, 2.45) is 0 Å². The molecule has 1 amide bonds. The first-order chi connectivity index (χ1) is 15.0. The smallest absolute Gasteiger partial charge is 0.338 e. The number of carbonyl (C=O) groups is 2. The van der Waals surface area contributed by atoms with Crippen molar-refractivity contribution in [2.75, 3.05) is 11.9 Å². The summed E-state index contributed by atoms with van der Waals surface area (Å²) >= 11 is 0. The number of hydrogen-bond donors (Lipinski definition) is 1. The van der Waals surface area contributed by atoms with Gasteiger partial charge in [-0.05, 0) is 56.7 Å². The average molecular weight is 422 g/mol. The molecule has 0 unspecified atom stereocenters. The molecule has 1 heterocycles. The summed E-state index contributed by atoms with van der Waals surface area (Å²) in [6.07, 6.45) is 1.79. The summed E-state index contributed by atoms with van der Waals surface area (Å²) in [5.74, 6) is 0.459. The Morgan fingerprint density at radius 2 is 1.81 bits per heavy atom. The zero-order chi connectivity index (χ0) is 22.2. The minimum absolute atomic E-state index is 0.250. The second-order valence-corrected chi connectivity index (χ2v) is 7.11. The van der Waals surface area contributed by atoms with Crippen molar-refractivity contribution in [3.63, 3.8) is 0 Å². The number of benzene rings is 2. The van der Waals surface area contributed by atoms with Crippen LogP contribution in [0.15, 0.2) is 53.1 Å². The van der Waals surface area contributed by atoms with E-state index >= 15 is 0 Å². The van der Waals surface area contributed by atoms with Gasteiger partial charge in [0.15, 0.2) is 0 Å². The van der Waals surface area contributed by atoms with Crippen LogP contribution in [0, 0.1) is 13.8 Å². The molecule has 7 nitrogen and oxygen atoms in total. The number of rotatable bonds is 9. The first kappa shape index (κ1) is 22.1. The molecule has 0 atom stereocenters. The molecule has 3 aromatic rings. The van der Waals surface area contributed by atoms with Gasteiger partial charge in [-0.2, -0.15) is 0 Å². The third-order valence-corrected chi connectivity index (χ3v) is 4.79. The molecule has 0 spiro atoms. The van der Waals surface area contributed by atoms with E-state index in [9.17, 15) is 9.59 Å². The number of carbonyl (C=O) groups excluding carboxylic acids is 2. The van der Waals surface area contributed by atoms with E-state index < -0.39 is 0 Å². The largest absolute Gasteiger partial charge is 0.488 e. The number of amides is 1. The van der Waals surface area contributed by atoms with Crippen LogP contribution < -0.4 is 10.1 Å².